The lowest BCUT2D eigenvalue weighted by molar-refractivity contribution is 1.60. The van der Waals surface area contributed by atoms with Crippen molar-refractivity contribution in [3.8, 4) is 11.1 Å². The van der Waals surface area contributed by atoms with Crippen molar-refractivity contribution in [2.45, 2.75) is 0 Å². The molecule has 0 saturated carbocycles. The molecule has 0 saturated heterocycles. The van der Waals surface area contributed by atoms with Crippen LogP contribution in [0, 0.1) is 6.57 Å². The zero-order valence-corrected chi connectivity index (χ0v) is 9.53. The Morgan fingerprint density at radius 1 is 0.933 bits per heavy atom. The molecule has 2 aromatic carbocycles. The fraction of sp³-hybridized carbons (Fsp3) is 0. The van der Waals surface area contributed by atoms with Gasteiger partial charge in [0.2, 0.25) is 0 Å². The van der Waals surface area contributed by atoms with Gasteiger partial charge in [-0.3, -0.25) is 0 Å². The highest BCUT2D eigenvalue weighted by molar-refractivity contribution is 9.10. The summed E-state index contributed by atoms with van der Waals surface area (Å²) in [4.78, 5) is 3.42. The summed E-state index contributed by atoms with van der Waals surface area (Å²) in [7, 11) is 0. The minimum atomic E-state index is 0.676. The van der Waals surface area contributed by atoms with Crippen LogP contribution in [0.15, 0.2) is 53.0 Å². The van der Waals surface area contributed by atoms with Gasteiger partial charge < -0.3 is 0 Å². The number of nitrogens with zero attached hydrogens (tertiary/aromatic N) is 1. The van der Waals surface area contributed by atoms with E-state index in [4.69, 9.17) is 6.57 Å². The highest BCUT2D eigenvalue weighted by Crippen LogP contribution is 2.25. The number of halogens is 1. The molecular weight excluding hydrogens is 250 g/mol. The third-order valence-corrected chi connectivity index (χ3v) is 2.68. The van der Waals surface area contributed by atoms with E-state index in [1.165, 1.54) is 0 Å². The average Bonchev–Trinajstić information content (AvgIpc) is 2.30. The summed E-state index contributed by atoms with van der Waals surface area (Å²) in [5.41, 5.74) is 2.88. The first kappa shape index (κ1) is 9.95. The van der Waals surface area contributed by atoms with Gasteiger partial charge >= 0.3 is 0 Å². The standard InChI is InChI=1S/C13H8BrN/c1-15-13-4-2-3-11(9-13)10-5-7-12(14)8-6-10/h2-9H. The smallest absolute Gasteiger partial charge is 0.187 e. The fourth-order valence-corrected chi connectivity index (χ4v) is 1.66. The maximum atomic E-state index is 6.95. The van der Waals surface area contributed by atoms with Gasteiger partial charge in [0.05, 0.1) is 6.57 Å². The molecular formula is C13H8BrN. The minimum Gasteiger partial charge on any atom is -0.238 e. The van der Waals surface area contributed by atoms with Crippen molar-refractivity contribution in [3.05, 3.63) is 64.4 Å². The van der Waals surface area contributed by atoms with Crippen LogP contribution < -0.4 is 0 Å². The summed E-state index contributed by atoms with van der Waals surface area (Å²) in [6, 6.07) is 15.7. The summed E-state index contributed by atoms with van der Waals surface area (Å²) >= 11 is 3.40. The van der Waals surface area contributed by atoms with E-state index in [0.29, 0.717) is 5.69 Å². The first-order chi connectivity index (χ1) is 7.29. The molecule has 0 unspecified atom stereocenters. The molecule has 2 aromatic rings. The molecule has 0 amide bonds. The first-order valence-corrected chi connectivity index (χ1v) is 5.32. The number of hydrogen-bond donors (Lipinski definition) is 0. The van der Waals surface area contributed by atoms with Gasteiger partial charge in [-0.2, -0.15) is 0 Å². The van der Waals surface area contributed by atoms with Crippen LogP contribution in [0.2, 0.25) is 0 Å². The summed E-state index contributed by atoms with van der Waals surface area (Å²) in [6.07, 6.45) is 0. The van der Waals surface area contributed by atoms with Gasteiger partial charge in [0, 0.05) is 4.47 Å². The number of hydrogen-bond acceptors (Lipinski definition) is 0. The second-order valence-electron chi connectivity index (χ2n) is 3.17. The van der Waals surface area contributed by atoms with Gasteiger partial charge in [0.15, 0.2) is 5.69 Å². The predicted octanol–water partition coefficient (Wildman–Crippen LogP) is 4.67. The van der Waals surface area contributed by atoms with Crippen LogP contribution >= 0.6 is 15.9 Å². The normalized spacial score (nSPS) is 9.60. The second-order valence-corrected chi connectivity index (χ2v) is 4.08. The monoisotopic (exact) mass is 257 g/mol. The largest absolute Gasteiger partial charge is 0.238 e. The van der Waals surface area contributed by atoms with Crippen LogP contribution in [0.1, 0.15) is 0 Å². The molecule has 0 aromatic heterocycles. The van der Waals surface area contributed by atoms with Crippen LogP contribution in [0.5, 0.6) is 0 Å². The zero-order chi connectivity index (χ0) is 10.7. The van der Waals surface area contributed by atoms with Crippen LogP contribution in [0.3, 0.4) is 0 Å². The molecule has 0 aliphatic heterocycles. The van der Waals surface area contributed by atoms with E-state index < -0.39 is 0 Å². The Hall–Kier alpha value is -1.59. The van der Waals surface area contributed by atoms with Crippen molar-refractivity contribution in [1.82, 2.24) is 0 Å². The Balaban J connectivity index is 2.46. The van der Waals surface area contributed by atoms with E-state index in [9.17, 15) is 0 Å². The number of benzene rings is 2. The average molecular weight is 258 g/mol. The fourth-order valence-electron chi connectivity index (χ4n) is 1.40. The second kappa shape index (κ2) is 4.29. The Bertz CT molecular complexity index is 509. The molecule has 0 heterocycles. The van der Waals surface area contributed by atoms with Crippen molar-refractivity contribution in [1.29, 1.82) is 0 Å². The molecule has 0 atom stereocenters. The molecule has 2 rings (SSSR count). The molecule has 0 aliphatic carbocycles. The van der Waals surface area contributed by atoms with Crippen molar-refractivity contribution < 1.29 is 0 Å². The molecule has 1 nitrogen and oxygen atoms in total. The molecule has 72 valence electrons. The van der Waals surface area contributed by atoms with E-state index in [-0.39, 0.29) is 0 Å². The van der Waals surface area contributed by atoms with Gasteiger partial charge in [-0.15, -0.1) is 0 Å². The van der Waals surface area contributed by atoms with Gasteiger partial charge in [0.1, 0.15) is 0 Å². The van der Waals surface area contributed by atoms with Gasteiger partial charge in [-0.25, -0.2) is 4.85 Å². The van der Waals surface area contributed by atoms with Crippen LogP contribution in [0.25, 0.3) is 16.0 Å². The summed E-state index contributed by atoms with van der Waals surface area (Å²) in [5.74, 6) is 0. The third kappa shape index (κ3) is 2.26. The zero-order valence-electron chi connectivity index (χ0n) is 7.94. The molecule has 2 heteroatoms. The van der Waals surface area contributed by atoms with Gasteiger partial charge in [-0.05, 0) is 29.3 Å². The lowest BCUT2D eigenvalue weighted by Gasteiger charge is -2.01. The maximum absolute atomic E-state index is 6.95. The topological polar surface area (TPSA) is 4.36 Å². The summed E-state index contributed by atoms with van der Waals surface area (Å²) in [6.45, 7) is 6.95. The highest BCUT2D eigenvalue weighted by atomic mass is 79.9. The molecule has 0 bridgehead atoms. The molecule has 0 aliphatic rings. The maximum Gasteiger partial charge on any atom is 0.187 e. The molecule has 0 N–H and O–H groups in total. The molecule has 15 heavy (non-hydrogen) atoms. The first-order valence-electron chi connectivity index (χ1n) is 4.53. The number of rotatable bonds is 1. The highest BCUT2D eigenvalue weighted by Gasteiger charge is 1.98. The molecule has 0 spiro atoms. The minimum absolute atomic E-state index is 0.676. The van der Waals surface area contributed by atoms with E-state index in [1.807, 2.05) is 48.5 Å². The van der Waals surface area contributed by atoms with E-state index >= 15 is 0 Å². The summed E-state index contributed by atoms with van der Waals surface area (Å²) < 4.78 is 1.06. The Kier molecular flexibility index (Phi) is 2.84. The van der Waals surface area contributed by atoms with Crippen molar-refractivity contribution in [2.24, 2.45) is 0 Å². The van der Waals surface area contributed by atoms with Crippen molar-refractivity contribution in [3.63, 3.8) is 0 Å². The Morgan fingerprint density at radius 3 is 2.33 bits per heavy atom. The quantitative estimate of drug-likeness (QED) is 0.655. The Labute approximate surface area is 97.3 Å². The van der Waals surface area contributed by atoms with E-state index in [2.05, 4.69) is 20.8 Å². The van der Waals surface area contributed by atoms with Crippen LogP contribution in [-0.2, 0) is 0 Å². The van der Waals surface area contributed by atoms with Crippen LogP contribution in [0.4, 0.5) is 5.69 Å². The van der Waals surface area contributed by atoms with Crippen LogP contribution in [-0.4, -0.2) is 0 Å². The lowest BCUT2D eigenvalue weighted by Crippen LogP contribution is -1.76. The third-order valence-electron chi connectivity index (χ3n) is 2.15. The van der Waals surface area contributed by atoms with Gasteiger partial charge in [0.25, 0.3) is 0 Å². The van der Waals surface area contributed by atoms with Crippen molar-refractivity contribution in [2.75, 3.05) is 0 Å². The summed E-state index contributed by atoms with van der Waals surface area (Å²) in [5, 5.41) is 0. The van der Waals surface area contributed by atoms with E-state index in [1.54, 1.807) is 0 Å². The molecule has 0 radical (unpaired) electrons. The van der Waals surface area contributed by atoms with Gasteiger partial charge in [-0.1, -0.05) is 46.3 Å². The van der Waals surface area contributed by atoms with E-state index in [0.717, 1.165) is 15.6 Å². The van der Waals surface area contributed by atoms with Crippen molar-refractivity contribution >= 4 is 21.6 Å². The molecule has 0 fully saturated rings. The SMILES string of the molecule is [C-]#[N+]c1cccc(-c2ccc(Br)cc2)c1. The Morgan fingerprint density at radius 2 is 1.67 bits per heavy atom. The predicted molar refractivity (Wildman–Crippen MR) is 65.8 cm³/mol. The lowest BCUT2D eigenvalue weighted by atomic mass is 10.1.